The first-order valence-electron chi connectivity index (χ1n) is 29.7. The van der Waals surface area contributed by atoms with Gasteiger partial charge in [0.2, 0.25) is 17.7 Å². The van der Waals surface area contributed by atoms with Crippen LogP contribution in [0.25, 0.3) is 11.1 Å². The molecule has 8 aromatic carbocycles. The molecule has 1 aliphatic carbocycles. The lowest BCUT2D eigenvalue weighted by atomic mass is 9.84. The Hall–Kier alpha value is -8.56. The Balaban J connectivity index is 0.000000260. The smallest absolute Gasteiger partial charge is 0.407 e. The molecule has 0 saturated carbocycles. The number of amides is 4. The maximum absolute atomic E-state index is 13.8. The molecule has 0 heterocycles. The van der Waals surface area contributed by atoms with Gasteiger partial charge in [0, 0.05) is 30.3 Å². The number of hydrogen-bond donors (Lipinski definition) is 5. The number of carbonyl (C=O) groups is 6. The highest BCUT2D eigenvalue weighted by Gasteiger charge is 2.41. The van der Waals surface area contributed by atoms with E-state index in [4.69, 9.17) is 21.9 Å². The van der Waals surface area contributed by atoms with Crippen molar-refractivity contribution in [1.82, 2.24) is 10.6 Å². The standard InChI is InChI=1S/C46H47N3O5S.C27H30N2O2S/c1-3-40(48-44(52)41(4-2)49-45(53)54-29-39-37-26-16-14-24-35(37)36-25-15-17-27-38(36)39)42(50)28-31(43(47)51)30-55-46(32-18-8-5-9-19-32,33-20-10-6-11-21-33)34-22-12-7-13-23-34;1-2-24(28)25(30)18-20(26(29)31)19-32-27(21-12-6-3-7-13-21,22-14-8-4-9-15-22)23-16-10-5-11-17-23/h5-27,31,39-41H,3-4,28-30H2,1-2H3,(H2,47,51)(H,48,52)(H,49,53);3-17,20,24H,2,18-19,28H2,1H3,(H2,29,31)/t31-,40-,41-;20-,24-/m11/s1. The Morgan fingerprint density at radius 1 is 0.437 bits per heavy atom. The molecular formula is C73H77N5O7S2. The number of hydrogen-bond acceptors (Lipinski definition) is 10. The fraction of sp³-hybridized carbons (Fsp3) is 0.260. The molecule has 0 aromatic heterocycles. The molecule has 0 spiro atoms. The quantitative estimate of drug-likeness (QED) is 0.0293. The van der Waals surface area contributed by atoms with Crippen LogP contribution in [0.4, 0.5) is 4.79 Å². The Labute approximate surface area is 519 Å². The first-order chi connectivity index (χ1) is 42.2. The largest absolute Gasteiger partial charge is 0.449 e. The van der Waals surface area contributed by atoms with Crippen LogP contribution in [-0.2, 0) is 38.2 Å². The van der Waals surface area contributed by atoms with E-state index in [-0.39, 0.29) is 49.1 Å². The van der Waals surface area contributed by atoms with Gasteiger partial charge in [0.25, 0.3) is 0 Å². The van der Waals surface area contributed by atoms with Crippen LogP contribution in [0.15, 0.2) is 231 Å². The topological polar surface area (TPSA) is 214 Å². The van der Waals surface area contributed by atoms with Gasteiger partial charge in [-0.25, -0.2) is 4.79 Å². The summed E-state index contributed by atoms with van der Waals surface area (Å²) in [7, 11) is 0. The zero-order valence-corrected chi connectivity index (χ0v) is 51.1. The summed E-state index contributed by atoms with van der Waals surface area (Å²) in [6.07, 6.45) is 0.318. The Kier molecular flexibility index (Phi) is 23.1. The molecule has 0 aliphatic heterocycles. The van der Waals surface area contributed by atoms with Gasteiger partial charge in [-0.2, -0.15) is 0 Å². The number of primary amides is 2. The van der Waals surface area contributed by atoms with Crippen molar-refractivity contribution in [3.8, 4) is 11.1 Å². The van der Waals surface area contributed by atoms with E-state index >= 15 is 0 Å². The highest BCUT2D eigenvalue weighted by Crippen LogP contribution is 2.51. The second-order valence-corrected chi connectivity index (χ2v) is 24.1. The maximum Gasteiger partial charge on any atom is 0.407 e. The number of fused-ring (bicyclic) bond motifs is 3. The van der Waals surface area contributed by atoms with Crippen molar-refractivity contribution in [3.63, 3.8) is 0 Å². The van der Waals surface area contributed by atoms with Gasteiger partial charge < -0.3 is 32.6 Å². The number of nitrogens with two attached hydrogens (primary N) is 3. The van der Waals surface area contributed by atoms with E-state index in [0.717, 1.165) is 55.6 Å². The monoisotopic (exact) mass is 1200 g/mol. The molecule has 0 bridgehead atoms. The van der Waals surface area contributed by atoms with Crippen molar-refractivity contribution in [3.05, 3.63) is 275 Å². The summed E-state index contributed by atoms with van der Waals surface area (Å²) < 4.78 is 4.42. The molecular weight excluding hydrogens is 1120 g/mol. The summed E-state index contributed by atoms with van der Waals surface area (Å²) in [6.45, 7) is 5.54. The highest BCUT2D eigenvalue weighted by molar-refractivity contribution is 8.00. The van der Waals surface area contributed by atoms with Gasteiger partial charge in [-0.3, -0.25) is 24.0 Å². The van der Waals surface area contributed by atoms with Crippen LogP contribution >= 0.6 is 23.5 Å². The molecule has 0 fully saturated rings. The van der Waals surface area contributed by atoms with E-state index in [2.05, 4.69) is 95.6 Å². The molecule has 0 unspecified atom stereocenters. The van der Waals surface area contributed by atoms with Crippen molar-refractivity contribution in [2.45, 2.75) is 86.4 Å². The molecule has 0 saturated heterocycles. The predicted octanol–water partition coefficient (Wildman–Crippen LogP) is 12.5. The lowest BCUT2D eigenvalue weighted by Crippen LogP contribution is -2.51. The Bertz CT molecular complexity index is 3310. The molecule has 0 radical (unpaired) electrons. The van der Waals surface area contributed by atoms with Gasteiger partial charge in [-0.05, 0) is 74.9 Å². The first kappa shape index (κ1) is 64.4. The molecule has 4 amide bonds. The molecule has 8 aromatic rings. The third-order valence-electron chi connectivity index (χ3n) is 16.1. The average Bonchev–Trinajstić information content (AvgIpc) is 1.57. The third kappa shape index (κ3) is 15.5. The van der Waals surface area contributed by atoms with Crippen LogP contribution in [-0.4, -0.2) is 71.6 Å². The summed E-state index contributed by atoms with van der Waals surface area (Å²) >= 11 is 3.19. The zero-order valence-electron chi connectivity index (χ0n) is 49.5. The van der Waals surface area contributed by atoms with Crippen LogP contribution in [0.3, 0.4) is 0 Å². The van der Waals surface area contributed by atoms with E-state index in [9.17, 15) is 28.8 Å². The maximum atomic E-state index is 13.8. The van der Waals surface area contributed by atoms with Gasteiger partial charge >= 0.3 is 6.09 Å². The molecule has 8 N–H and O–H groups in total. The number of benzene rings is 8. The summed E-state index contributed by atoms with van der Waals surface area (Å²) in [4.78, 5) is 78.1. The van der Waals surface area contributed by atoms with E-state index < -0.39 is 63.3 Å². The van der Waals surface area contributed by atoms with Crippen molar-refractivity contribution >= 4 is 58.9 Å². The zero-order chi connectivity index (χ0) is 61.8. The molecule has 9 rings (SSSR count). The number of Topliss-reactive ketones (excluding diaryl/α,β-unsaturated/α-hetero) is 2. The number of ketones is 2. The van der Waals surface area contributed by atoms with Crippen LogP contribution in [0.1, 0.15) is 103 Å². The van der Waals surface area contributed by atoms with E-state index in [1.165, 1.54) is 0 Å². The summed E-state index contributed by atoms with van der Waals surface area (Å²) in [5, 5.41) is 5.51. The minimum atomic E-state index is -0.928. The second-order valence-electron chi connectivity index (χ2n) is 21.6. The van der Waals surface area contributed by atoms with Crippen LogP contribution in [0.5, 0.6) is 0 Å². The first-order valence-corrected chi connectivity index (χ1v) is 31.6. The van der Waals surface area contributed by atoms with E-state index in [0.29, 0.717) is 18.6 Å². The average molecular weight is 1200 g/mol. The van der Waals surface area contributed by atoms with Gasteiger partial charge in [0.1, 0.15) is 18.4 Å². The highest BCUT2D eigenvalue weighted by atomic mass is 32.2. The fourth-order valence-corrected chi connectivity index (χ4v) is 14.6. The van der Waals surface area contributed by atoms with Gasteiger partial charge in [0.15, 0.2) is 5.78 Å². The van der Waals surface area contributed by atoms with Gasteiger partial charge in [0.05, 0.1) is 33.4 Å². The molecule has 1 aliphatic rings. The van der Waals surface area contributed by atoms with Crippen LogP contribution < -0.4 is 27.8 Å². The van der Waals surface area contributed by atoms with Gasteiger partial charge in [-0.1, -0.05) is 251 Å². The number of nitrogens with one attached hydrogen (secondary N) is 2. The number of ether oxygens (including phenoxy) is 1. The van der Waals surface area contributed by atoms with E-state index in [1.54, 1.807) is 37.4 Å². The molecule has 87 heavy (non-hydrogen) atoms. The van der Waals surface area contributed by atoms with Crippen molar-refractivity contribution in [1.29, 1.82) is 0 Å². The number of alkyl carbamates (subject to hydrolysis) is 1. The lowest BCUT2D eigenvalue weighted by molar-refractivity contribution is -0.131. The lowest BCUT2D eigenvalue weighted by Gasteiger charge is -2.36. The van der Waals surface area contributed by atoms with Crippen LogP contribution in [0.2, 0.25) is 0 Å². The molecule has 5 atom stereocenters. The molecule has 12 nitrogen and oxygen atoms in total. The second kappa shape index (κ2) is 31.2. The van der Waals surface area contributed by atoms with Gasteiger partial charge in [-0.15, -0.1) is 23.5 Å². The Morgan fingerprint density at radius 3 is 1.08 bits per heavy atom. The SMILES string of the molecule is CC[C@@H](N)C(=O)C[C@H](CSC(c1ccccc1)(c1ccccc1)c1ccccc1)C(N)=O.CC[C@@H](NC(=O)[C@@H](CC)NC(=O)OCC1c2ccccc2-c2ccccc21)C(=O)C[C@H](CSC(c1ccccc1)(c1ccccc1)c1ccccc1)C(N)=O. The molecule has 14 heteroatoms. The minimum absolute atomic E-state index is 0.0613. The summed E-state index contributed by atoms with van der Waals surface area (Å²) in [5.74, 6) is -2.86. The summed E-state index contributed by atoms with van der Waals surface area (Å²) in [6, 6.07) is 74.7. The van der Waals surface area contributed by atoms with Crippen molar-refractivity contribution in [2.75, 3.05) is 18.1 Å². The number of rotatable bonds is 28. The Morgan fingerprint density at radius 2 is 0.759 bits per heavy atom. The van der Waals surface area contributed by atoms with Crippen molar-refractivity contribution in [2.24, 2.45) is 29.0 Å². The molecule has 448 valence electrons. The minimum Gasteiger partial charge on any atom is -0.449 e. The number of thioether (sulfide) groups is 2. The van der Waals surface area contributed by atoms with Crippen molar-refractivity contribution < 1.29 is 33.5 Å². The number of carbonyl (C=O) groups excluding carboxylic acids is 6. The van der Waals surface area contributed by atoms with E-state index in [1.807, 2.05) is 153 Å². The summed E-state index contributed by atoms with van der Waals surface area (Å²) in [5.41, 5.74) is 28.4. The van der Waals surface area contributed by atoms with Crippen LogP contribution in [0, 0.1) is 11.8 Å². The third-order valence-corrected chi connectivity index (χ3v) is 19.5. The predicted molar refractivity (Wildman–Crippen MR) is 351 cm³/mol. The fourth-order valence-electron chi connectivity index (χ4n) is 11.3. The normalized spacial score (nSPS) is 13.6.